The minimum atomic E-state index is -0.389. The summed E-state index contributed by atoms with van der Waals surface area (Å²) in [5, 5.41) is 3.24. The third kappa shape index (κ3) is 3.80. The van der Waals surface area contributed by atoms with Gasteiger partial charge in [-0.15, -0.1) is 0 Å². The van der Waals surface area contributed by atoms with E-state index < -0.39 is 0 Å². The van der Waals surface area contributed by atoms with Crippen molar-refractivity contribution in [1.82, 2.24) is 4.90 Å². The third-order valence-electron chi connectivity index (χ3n) is 3.28. The number of benzene rings is 1. The molecule has 1 aromatic carbocycles. The van der Waals surface area contributed by atoms with Gasteiger partial charge in [-0.1, -0.05) is 12.6 Å². The smallest absolute Gasteiger partial charge is 0.178 e. The van der Waals surface area contributed by atoms with E-state index >= 15 is 0 Å². The molecule has 0 amide bonds. The summed E-state index contributed by atoms with van der Waals surface area (Å²) >= 11 is 0. The van der Waals surface area contributed by atoms with Gasteiger partial charge in [0.1, 0.15) is 0 Å². The second-order valence-electron chi connectivity index (χ2n) is 5.51. The Bertz CT molecular complexity index is 690. The Morgan fingerprint density at radius 3 is 2.83 bits per heavy atom. The van der Waals surface area contributed by atoms with Crippen LogP contribution in [0.15, 0.2) is 59.6 Å². The van der Waals surface area contributed by atoms with Gasteiger partial charge in [0.15, 0.2) is 11.6 Å². The maximum Gasteiger partial charge on any atom is 0.178 e. The van der Waals surface area contributed by atoms with Crippen molar-refractivity contribution < 1.29 is 9.13 Å². The molecule has 0 fully saturated rings. The van der Waals surface area contributed by atoms with Crippen molar-refractivity contribution in [3.63, 3.8) is 0 Å². The average molecular weight is 315 g/mol. The van der Waals surface area contributed by atoms with Crippen molar-refractivity contribution >= 4 is 11.4 Å². The summed E-state index contributed by atoms with van der Waals surface area (Å²) in [6, 6.07) is 4.83. The number of hydrogen-bond acceptors (Lipinski definition) is 4. The summed E-state index contributed by atoms with van der Waals surface area (Å²) in [7, 11) is 1.93. The van der Waals surface area contributed by atoms with Crippen molar-refractivity contribution in [2.24, 2.45) is 4.99 Å². The van der Waals surface area contributed by atoms with Crippen LogP contribution >= 0.6 is 0 Å². The molecule has 2 rings (SSSR count). The molecule has 1 heterocycles. The Morgan fingerprint density at radius 1 is 1.43 bits per heavy atom. The predicted molar refractivity (Wildman–Crippen MR) is 93.0 cm³/mol. The van der Waals surface area contributed by atoms with Gasteiger partial charge < -0.3 is 15.0 Å². The number of para-hydroxylation sites is 1. The van der Waals surface area contributed by atoms with Gasteiger partial charge in [-0.2, -0.15) is 0 Å². The average Bonchev–Trinajstić information content (AvgIpc) is 2.84. The molecule has 0 saturated carbocycles. The summed E-state index contributed by atoms with van der Waals surface area (Å²) in [6.07, 6.45) is 5.20. The molecular weight excluding hydrogens is 293 g/mol. The summed E-state index contributed by atoms with van der Waals surface area (Å²) in [5.41, 5.74) is 3.14. The summed E-state index contributed by atoms with van der Waals surface area (Å²) < 4.78 is 19.7. The number of nitrogens with one attached hydrogen (secondary N) is 1. The number of halogens is 1. The number of rotatable bonds is 5. The highest BCUT2D eigenvalue weighted by Gasteiger charge is 2.19. The van der Waals surface area contributed by atoms with Crippen LogP contribution < -0.4 is 10.1 Å². The molecule has 1 N–H and O–H groups in total. The number of anilines is 1. The minimum Gasteiger partial charge on any atom is -0.486 e. The topological polar surface area (TPSA) is 36.9 Å². The normalized spacial score (nSPS) is 17.8. The zero-order valence-electron chi connectivity index (χ0n) is 13.9. The van der Waals surface area contributed by atoms with Gasteiger partial charge in [0.2, 0.25) is 0 Å². The molecule has 23 heavy (non-hydrogen) atoms. The molecule has 0 radical (unpaired) electrons. The predicted octanol–water partition coefficient (Wildman–Crippen LogP) is 4.30. The lowest BCUT2D eigenvalue weighted by atomic mass is 10.2. The van der Waals surface area contributed by atoms with Crippen molar-refractivity contribution in [2.45, 2.75) is 26.9 Å². The Morgan fingerprint density at radius 2 is 2.17 bits per heavy atom. The fourth-order valence-corrected chi connectivity index (χ4v) is 2.40. The second kappa shape index (κ2) is 7.13. The van der Waals surface area contributed by atoms with Crippen molar-refractivity contribution in [1.29, 1.82) is 0 Å². The van der Waals surface area contributed by atoms with Crippen molar-refractivity contribution in [2.75, 3.05) is 12.4 Å². The zero-order valence-corrected chi connectivity index (χ0v) is 13.9. The lowest BCUT2D eigenvalue weighted by molar-refractivity contribution is 0.232. The molecule has 0 bridgehead atoms. The number of nitrogens with zero attached hydrogens (tertiary/aromatic N) is 2. The van der Waals surface area contributed by atoms with Crippen LogP contribution in [0.2, 0.25) is 0 Å². The monoisotopic (exact) mass is 315 g/mol. The highest BCUT2D eigenvalue weighted by molar-refractivity contribution is 6.11. The summed E-state index contributed by atoms with van der Waals surface area (Å²) in [5.74, 6) is -0.169. The lowest BCUT2D eigenvalue weighted by Gasteiger charge is -2.20. The fraction of sp³-hybridized carbons (Fsp3) is 0.278. The maximum absolute atomic E-state index is 14.1. The van der Waals surface area contributed by atoms with E-state index in [1.165, 1.54) is 12.3 Å². The van der Waals surface area contributed by atoms with Crippen molar-refractivity contribution in [3.05, 3.63) is 60.5 Å². The van der Waals surface area contributed by atoms with Crippen LogP contribution in [0.3, 0.4) is 0 Å². The van der Waals surface area contributed by atoms with E-state index in [0.29, 0.717) is 5.69 Å². The molecule has 5 heteroatoms. The van der Waals surface area contributed by atoms with Crippen LogP contribution in [-0.2, 0) is 0 Å². The maximum atomic E-state index is 14.1. The minimum absolute atomic E-state index is 0.117. The Hall–Kier alpha value is -2.56. The number of hydrogen-bond donors (Lipinski definition) is 1. The molecule has 4 nitrogen and oxygen atoms in total. The Balaban J connectivity index is 2.39. The summed E-state index contributed by atoms with van der Waals surface area (Å²) in [6.45, 7) is 9.28. The van der Waals surface area contributed by atoms with E-state index in [-0.39, 0.29) is 17.7 Å². The van der Waals surface area contributed by atoms with Gasteiger partial charge in [0, 0.05) is 25.1 Å². The van der Waals surface area contributed by atoms with E-state index in [2.05, 4.69) is 16.9 Å². The van der Waals surface area contributed by atoms with Gasteiger partial charge in [0.25, 0.3) is 0 Å². The van der Waals surface area contributed by atoms with E-state index in [1.54, 1.807) is 12.1 Å². The first-order valence-electron chi connectivity index (χ1n) is 7.47. The first-order valence-corrected chi connectivity index (χ1v) is 7.47. The molecule has 1 aliphatic rings. The van der Waals surface area contributed by atoms with Crippen LogP contribution in [0.25, 0.3) is 0 Å². The van der Waals surface area contributed by atoms with Crippen LogP contribution in [0, 0.1) is 5.82 Å². The second-order valence-corrected chi connectivity index (χ2v) is 5.51. The van der Waals surface area contributed by atoms with Gasteiger partial charge >= 0.3 is 0 Å². The number of aliphatic imine (C=N–C) groups is 1. The molecule has 1 aromatic rings. The molecule has 122 valence electrons. The third-order valence-corrected chi connectivity index (χ3v) is 3.28. The first-order chi connectivity index (χ1) is 10.9. The highest BCUT2D eigenvalue weighted by atomic mass is 19.1. The van der Waals surface area contributed by atoms with Crippen LogP contribution in [-0.4, -0.2) is 23.8 Å². The fourth-order valence-electron chi connectivity index (χ4n) is 2.40. The number of allylic oxidation sites excluding steroid dienone is 2. The standard InChI is InChI=1S/C18H22FN3O/c1-6-20-15-10-11-22(5)17(15)13(4)21-16-9-7-8-14(19)18(16)23-12(2)3/h6-12,21H,1H2,2-5H3/b17-13-,20-15-. The van der Waals surface area contributed by atoms with E-state index in [0.717, 1.165) is 17.1 Å². The van der Waals surface area contributed by atoms with Gasteiger partial charge in [-0.05, 0) is 39.0 Å². The molecule has 1 aliphatic heterocycles. The molecule has 0 atom stereocenters. The molecule has 0 aliphatic carbocycles. The van der Waals surface area contributed by atoms with Gasteiger partial charge in [-0.3, -0.25) is 4.99 Å². The van der Waals surface area contributed by atoms with Crippen molar-refractivity contribution in [3.8, 4) is 5.75 Å². The van der Waals surface area contributed by atoms with E-state index in [4.69, 9.17) is 4.74 Å². The molecule has 0 saturated heterocycles. The van der Waals surface area contributed by atoms with Crippen LogP contribution in [0.4, 0.5) is 10.1 Å². The zero-order chi connectivity index (χ0) is 17.0. The molecule has 0 unspecified atom stereocenters. The molecule has 0 aromatic heterocycles. The quantitative estimate of drug-likeness (QED) is 0.880. The van der Waals surface area contributed by atoms with Gasteiger partial charge in [0.05, 0.1) is 23.2 Å². The van der Waals surface area contributed by atoms with Gasteiger partial charge in [-0.25, -0.2) is 4.39 Å². The Kier molecular flexibility index (Phi) is 5.21. The molecular formula is C18H22FN3O. The Labute approximate surface area is 136 Å². The SMILES string of the molecule is C=C/N=C1/C=CN(C)/C1=C(/C)Nc1cccc(F)c1OC(C)C. The van der Waals surface area contributed by atoms with Crippen LogP contribution in [0.1, 0.15) is 20.8 Å². The summed E-state index contributed by atoms with van der Waals surface area (Å²) in [4.78, 5) is 6.21. The van der Waals surface area contributed by atoms with Crippen LogP contribution in [0.5, 0.6) is 5.75 Å². The largest absolute Gasteiger partial charge is 0.486 e. The molecule has 0 spiro atoms. The van der Waals surface area contributed by atoms with E-state index in [1.807, 2.05) is 45.0 Å². The highest BCUT2D eigenvalue weighted by Crippen LogP contribution is 2.31. The number of ether oxygens (including phenoxy) is 1. The van der Waals surface area contributed by atoms with E-state index in [9.17, 15) is 4.39 Å². The first kappa shape index (κ1) is 16.8. The lowest BCUT2D eigenvalue weighted by Crippen LogP contribution is -2.17.